The van der Waals surface area contributed by atoms with E-state index in [1.165, 1.54) is 0 Å². The van der Waals surface area contributed by atoms with Gasteiger partial charge in [0, 0.05) is 18.7 Å². The van der Waals surface area contributed by atoms with Gasteiger partial charge < -0.3 is 10.4 Å². The van der Waals surface area contributed by atoms with Gasteiger partial charge in [0.25, 0.3) is 5.91 Å². The summed E-state index contributed by atoms with van der Waals surface area (Å²) in [6, 6.07) is 3.59. The van der Waals surface area contributed by atoms with E-state index in [0.717, 1.165) is 24.2 Å². The van der Waals surface area contributed by atoms with Gasteiger partial charge >= 0.3 is 5.97 Å². The van der Waals surface area contributed by atoms with Gasteiger partial charge in [-0.1, -0.05) is 6.42 Å². The van der Waals surface area contributed by atoms with Crippen LogP contribution in [0.2, 0.25) is 0 Å². The molecule has 1 heterocycles. The van der Waals surface area contributed by atoms with Gasteiger partial charge in [-0.25, -0.2) is 0 Å². The van der Waals surface area contributed by atoms with Crippen molar-refractivity contribution >= 4 is 11.9 Å². The standard InChI is InChI=1S/C14H20N2O3/c1-10-7-8-12(11(2)16-10)14(19)15-9-5-3-4-6-13(17)18/h7-8H,3-6,9H2,1-2H3,(H,15,19)(H,17,18). The number of rotatable bonds is 7. The minimum absolute atomic E-state index is 0.122. The molecule has 2 N–H and O–H groups in total. The predicted octanol–water partition coefficient (Wildman–Crippen LogP) is 2.07. The average Bonchev–Trinajstić information content (AvgIpc) is 2.32. The molecule has 1 aromatic heterocycles. The summed E-state index contributed by atoms with van der Waals surface area (Å²) in [5.41, 5.74) is 2.21. The SMILES string of the molecule is Cc1ccc(C(=O)NCCCCCC(=O)O)c(C)n1. The van der Waals surface area contributed by atoms with E-state index in [-0.39, 0.29) is 12.3 Å². The number of hydrogen-bond acceptors (Lipinski definition) is 3. The molecule has 0 atom stereocenters. The number of hydrogen-bond donors (Lipinski definition) is 2. The van der Waals surface area contributed by atoms with Gasteiger partial charge in [0.2, 0.25) is 0 Å². The maximum atomic E-state index is 11.9. The number of carboxylic acids is 1. The molecular formula is C14H20N2O3. The number of carbonyl (C=O) groups excluding carboxylic acids is 1. The van der Waals surface area contributed by atoms with Gasteiger partial charge in [0.15, 0.2) is 0 Å². The third-order valence-corrected chi connectivity index (χ3v) is 2.82. The summed E-state index contributed by atoms with van der Waals surface area (Å²) in [5, 5.41) is 11.3. The molecule has 0 bridgehead atoms. The Labute approximate surface area is 113 Å². The van der Waals surface area contributed by atoms with Gasteiger partial charge in [0.05, 0.1) is 11.3 Å². The summed E-state index contributed by atoms with van der Waals surface area (Å²) in [4.78, 5) is 26.4. The third-order valence-electron chi connectivity index (χ3n) is 2.82. The molecule has 1 rings (SSSR count). The first kappa shape index (κ1) is 15.1. The van der Waals surface area contributed by atoms with Gasteiger partial charge in [-0.2, -0.15) is 0 Å². The van der Waals surface area contributed by atoms with E-state index < -0.39 is 5.97 Å². The fraction of sp³-hybridized carbons (Fsp3) is 0.500. The highest BCUT2D eigenvalue weighted by Gasteiger charge is 2.08. The Morgan fingerprint density at radius 1 is 1.21 bits per heavy atom. The Kier molecular flexibility index (Phi) is 5.99. The van der Waals surface area contributed by atoms with Crippen molar-refractivity contribution in [3.05, 3.63) is 29.1 Å². The summed E-state index contributed by atoms with van der Waals surface area (Å²) in [6.07, 6.45) is 2.43. The molecule has 0 fully saturated rings. The van der Waals surface area contributed by atoms with E-state index in [2.05, 4.69) is 10.3 Å². The zero-order valence-corrected chi connectivity index (χ0v) is 11.4. The lowest BCUT2D eigenvalue weighted by atomic mass is 10.1. The number of unbranched alkanes of at least 4 members (excludes halogenated alkanes) is 2. The van der Waals surface area contributed by atoms with Crippen molar-refractivity contribution in [2.24, 2.45) is 0 Å². The van der Waals surface area contributed by atoms with E-state index in [9.17, 15) is 9.59 Å². The molecule has 0 saturated heterocycles. The zero-order chi connectivity index (χ0) is 14.3. The van der Waals surface area contributed by atoms with Crippen molar-refractivity contribution in [2.75, 3.05) is 6.54 Å². The maximum absolute atomic E-state index is 11.9. The van der Waals surface area contributed by atoms with E-state index >= 15 is 0 Å². The quantitative estimate of drug-likeness (QED) is 0.739. The molecule has 104 valence electrons. The minimum Gasteiger partial charge on any atom is -0.481 e. The summed E-state index contributed by atoms with van der Waals surface area (Å²) in [6.45, 7) is 4.26. The summed E-state index contributed by atoms with van der Waals surface area (Å²) in [5.74, 6) is -0.895. The highest BCUT2D eigenvalue weighted by Crippen LogP contribution is 2.06. The van der Waals surface area contributed by atoms with Crippen LogP contribution in [0.1, 0.15) is 47.4 Å². The lowest BCUT2D eigenvalue weighted by molar-refractivity contribution is -0.137. The number of aromatic nitrogens is 1. The van der Waals surface area contributed by atoms with Gasteiger partial charge in [-0.05, 0) is 38.8 Å². The topological polar surface area (TPSA) is 79.3 Å². The molecule has 0 aliphatic carbocycles. The van der Waals surface area contributed by atoms with Crippen LogP contribution in [0.5, 0.6) is 0 Å². The average molecular weight is 264 g/mol. The summed E-state index contributed by atoms with van der Waals surface area (Å²) < 4.78 is 0. The highest BCUT2D eigenvalue weighted by atomic mass is 16.4. The molecule has 0 unspecified atom stereocenters. The molecule has 5 nitrogen and oxygen atoms in total. The Bertz CT molecular complexity index is 458. The van der Waals surface area contributed by atoms with Crippen LogP contribution in [-0.2, 0) is 4.79 Å². The monoisotopic (exact) mass is 264 g/mol. The van der Waals surface area contributed by atoms with Crippen LogP contribution in [0.3, 0.4) is 0 Å². The first-order chi connectivity index (χ1) is 9.00. The van der Waals surface area contributed by atoms with Crippen LogP contribution >= 0.6 is 0 Å². The van der Waals surface area contributed by atoms with Crippen LogP contribution < -0.4 is 5.32 Å². The number of aliphatic carboxylic acids is 1. The predicted molar refractivity (Wildman–Crippen MR) is 72.1 cm³/mol. The van der Waals surface area contributed by atoms with Crippen molar-refractivity contribution in [1.29, 1.82) is 0 Å². The number of carboxylic acid groups (broad SMARTS) is 1. The second-order valence-electron chi connectivity index (χ2n) is 4.55. The fourth-order valence-electron chi connectivity index (χ4n) is 1.80. The molecule has 5 heteroatoms. The Balaban J connectivity index is 2.29. The van der Waals surface area contributed by atoms with Crippen LogP contribution in [0.25, 0.3) is 0 Å². The van der Waals surface area contributed by atoms with Crippen LogP contribution in [0.15, 0.2) is 12.1 Å². The van der Waals surface area contributed by atoms with Crippen molar-refractivity contribution < 1.29 is 14.7 Å². The van der Waals surface area contributed by atoms with Crippen LogP contribution in [-0.4, -0.2) is 28.5 Å². The van der Waals surface area contributed by atoms with E-state index in [0.29, 0.717) is 18.5 Å². The highest BCUT2D eigenvalue weighted by molar-refractivity contribution is 5.95. The van der Waals surface area contributed by atoms with Gasteiger partial charge in [0.1, 0.15) is 0 Å². The van der Waals surface area contributed by atoms with Gasteiger partial charge in [-0.15, -0.1) is 0 Å². The lowest BCUT2D eigenvalue weighted by Crippen LogP contribution is -2.25. The van der Waals surface area contributed by atoms with Crippen molar-refractivity contribution in [3.8, 4) is 0 Å². The summed E-state index contributed by atoms with van der Waals surface area (Å²) >= 11 is 0. The molecule has 0 aromatic carbocycles. The van der Waals surface area contributed by atoms with Crippen molar-refractivity contribution in [3.63, 3.8) is 0 Å². The first-order valence-electron chi connectivity index (χ1n) is 6.45. The number of aryl methyl sites for hydroxylation is 2. The molecule has 1 amide bonds. The smallest absolute Gasteiger partial charge is 0.303 e. The molecule has 1 aromatic rings. The zero-order valence-electron chi connectivity index (χ0n) is 11.4. The molecule has 0 radical (unpaired) electrons. The minimum atomic E-state index is -0.773. The lowest BCUT2D eigenvalue weighted by Gasteiger charge is -2.07. The molecule has 0 spiro atoms. The Morgan fingerprint density at radius 2 is 1.95 bits per heavy atom. The van der Waals surface area contributed by atoms with E-state index in [1.807, 2.05) is 19.9 Å². The van der Waals surface area contributed by atoms with Crippen LogP contribution in [0, 0.1) is 13.8 Å². The number of carbonyl (C=O) groups is 2. The fourth-order valence-corrected chi connectivity index (χ4v) is 1.80. The second kappa shape index (κ2) is 7.51. The molecular weight excluding hydrogens is 244 g/mol. The molecule has 0 saturated carbocycles. The van der Waals surface area contributed by atoms with Crippen LogP contribution in [0.4, 0.5) is 0 Å². The van der Waals surface area contributed by atoms with E-state index in [1.54, 1.807) is 6.07 Å². The molecule has 0 aliphatic heterocycles. The Hall–Kier alpha value is -1.91. The molecule has 0 aliphatic rings. The van der Waals surface area contributed by atoms with Crippen molar-refractivity contribution in [1.82, 2.24) is 10.3 Å². The second-order valence-corrected chi connectivity index (χ2v) is 4.55. The Morgan fingerprint density at radius 3 is 2.58 bits per heavy atom. The number of amides is 1. The number of nitrogens with one attached hydrogen (secondary N) is 1. The number of nitrogens with zero attached hydrogens (tertiary/aromatic N) is 1. The van der Waals surface area contributed by atoms with Gasteiger partial charge in [-0.3, -0.25) is 14.6 Å². The molecule has 19 heavy (non-hydrogen) atoms. The largest absolute Gasteiger partial charge is 0.481 e. The van der Waals surface area contributed by atoms with Crippen molar-refractivity contribution in [2.45, 2.75) is 39.5 Å². The summed E-state index contributed by atoms with van der Waals surface area (Å²) in [7, 11) is 0. The normalized spacial score (nSPS) is 10.2. The van der Waals surface area contributed by atoms with E-state index in [4.69, 9.17) is 5.11 Å². The maximum Gasteiger partial charge on any atom is 0.303 e. The number of pyridine rings is 1. The first-order valence-corrected chi connectivity index (χ1v) is 6.45. The third kappa shape index (κ3) is 5.50.